The second kappa shape index (κ2) is 4.88. The number of piperidine rings is 1. The van der Waals surface area contributed by atoms with Crippen LogP contribution in [0, 0.1) is 16.7 Å². The molecule has 0 aromatic carbocycles. The third-order valence-corrected chi connectivity index (χ3v) is 3.95. The number of amides is 1. The highest BCUT2D eigenvalue weighted by Gasteiger charge is 2.43. The zero-order valence-corrected chi connectivity index (χ0v) is 12.0. The fraction of sp³-hybridized carbons (Fsp3) is 0.733. The highest BCUT2D eigenvalue weighted by molar-refractivity contribution is 5.68. The van der Waals surface area contributed by atoms with Gasteiger partial charge in [-0.3, -0.25) is 0 Å². The number of rotatable bonds is 0. The maximum Gasteiger partial charge on any atom is 0.410 e. The van der Waals surface area contributed by atoms with Gasteiger partial charge in [-0.15, -0.1) is 0 Å². The molecule has 1 aliphatic heterocycles. The smallest absolute Gasteiger partial charge is 0.410 e. The zero-order valence-electron chi connectivity index (χ0n) is 12.0. The Balaban J connectivity index is 1.83. The molecule has 1 heterocycles. The molecule has 2 aliphatic rings. The number of hydrogen-bond acceptors (Lipinski definition) is 3. The van der Waals surface area contributed by atoms with E-state index in [-0.39, 0.29) is 6.09 Å². The lowest BCUT2D eigenvalue weighted by Crippen LogP contribution is -2.47. The second-order valence-corrected chi connectivity index (χ2v) is 6.75. The van der Waals surface area contributed by atoms with Crippen LogP contribution < -0.4 is 0 Å². The van der Waals surface area contributed by atoms with Crippen molar-refractivity contribution in [3.63, 3.8) is 0 Å². The van der Waals surface area contributed by atoms with Gasteiger partial charge in [-0.1, -0.05) is 5.57 Å². The second-order valence-electron chi connectivity index (χ2n) is 6.75. The predicted octanol–water partition coefficient (Wildman–Crippen LogP) is 3.25. The Labute approximate surface area is 115 Å². The molecule has 2 rings (SSSR count). The lowest BCUT2D eigenvalue weighted by Gasteiger charge is -2.49. The van der Waals surface area contributed by atoms with Crippen LogP contribution in [0.1, 0.15) is 46.5 Å². The molecule has 0 bridgehead atoms. The Kier molecular flexibility index (Phi) is 3.58. The first-order valence-corrected chi connectivity index (χ1v) is 6.89. The number of allylic oxidation sites excluding steroid dienone is 2. The fourth-order valence-corrected chi connectivity index (χ4v) is 2.95. The summed E-state index contributed by atoms with van der Waals surface area (Å²) in [5.41, 5.74) is 1.18. The van der Waals surface area contributed by atoms with Crippen molar-refractivity contribution in [2.24, 2.45) is 5.41 Å². The van der Waals surface area contributed by atoms with Crippen LogP contribution in [-0.2, 0) is 4.74 Å². The molecule has 0 unspecified atom stereocenters. The average molecular weight is 262 g/mol. The zero-order chi connectivity index (χ0) is 14.1. The Bertz CT molecular complexity index is 422. The summed E-state index contributed by atoms with van der Waals surface area (Å²) in [5.74, 6) is 0. The van der Waals surface area contributed by atoms with Crippen molar-refractivity contribution < 1.29 is 9.53 Å². The van der Waals surface area contributed by atoms with Gasteiger partial charge in [0.1, 0.15) is 5.60 Å². The van der Waals surface area contributed by atoms with E-state index in [2.05, 4.69) is 6.07 Å². The lowest BCUT2D eigenvalue weighted by atomic mass is 9.60. The first-order chi connectivity index (χ1) is 8.84. The summed E-state index contributed by atoms with van der Waals surface area (Å²) in [5, 5.41) is 8.62. The summed E-state index contributed by atoms with van der Waals surface area (Å²) in [4.78, 5) is 13.8. The molecule has 104 valence electrons. The molecule has 19 heavy (non-hydrogen) atoms. The predicted molar refractivity (Wildman–Crippen MR) is 72.4 cm³/mol. The first-order valence-electron chi connectivity index (χ1n) is 6.89. The lowest BCUT2D eigenvalue weighted by molar-refractivity contribution is 0.00433. The van der Waals surface area contributed by atoms with Crippen molar-refractivity contribution in [2.45, 2.75) is 52.1 Å². The molecule has 0 N–H and O–H groups in total. The van der Waals surface area contributed by atoms with Crippen molar-refractivity contribution in [2.75, 3.05) is 13.1 Å². The van der Waals surface area contributed by atoms with Gasteiger partial charge in [0.15, 0.2) is 0 Å². The van der Waals surface area contributed by atoms with Crippen molar-refractivity contribution in [1.29, 1.82) is 5.26 Å². The maximum atomic E-state index is 11.9. The third kappa shape index (κ3) is 3.28. The summed E-state index contributed by atoms with van der Waals surface area (Å²) in [6.07, 6.45) is 5.58. The minimum Gasteiger partial charge on any atom is -0.444 e. The molecule has 2 fully saturated rings. The minimum atomic E-state index is -0.425. The molecule has 4 heteroatoms. The van der Waals surface area contributed by atoms with Crippen LogP contribution in [0.3, 0.4) is 0 Å². The molecule has 1 amide bonds. The van der Waals surface area contributed by atoms with E-state index in [1.165, 1.54) is 5.57 Å². The molecule has 0 radical (unpaired) electrons. The molecular formula is C15H22N2O2. The van der Waals surface area contributed by atoms with Crippen molar-refractivity contribution in [3.05, 3.63) is 11.6 Å². The van der Waals surface area contributed by atoms with E-state index in [1.54, 1.807) is 6.08 Å². The van der Waals surface area contributed by atoms with E-state index in [4.69, 9.17) is 10.00 Å². The Morgan fingerprint density at radius 1 is 1.37 bits per heavy atom. The first kappa shape index (κ1) is 13.9. The summed E-state index contributed by atoms with van der Waals surface area (Å²) < 4.78 is 5.39. The third-order valence-electron chi connectivity index (χ3n) is 3.95. The molecule has 1 saturated heterocycles. The van der Waals surface area contributed by atoms with Crippen LogP contribution in [0.2, 0.25) is 0 Å². The van der Waals surface area contributed by atoms with Gasteiger partial charge in [0, 0.05) is 19.2 Å². The number of nitriles is 1. The average Bonchev–Trinajstić information content (AvgIpc) is 2.26. The molecule has 0 atom stereocenters. The molecule has 1 spiro atoms. The van der Waals surface area contributed by atoms with Crippen molar-refractivity contribution in [3.8, 4) is 6.07 Å². The standard InChI is InChI=1S/C15H22N2O2/c1-14(2,3)19-13(18)17-8-5-15(6-9-17)10-12(11-15)4-7-16/h4H,5-6,8-11H2,1-3H3. The van der Waals surface area contributed by atoms with E-state index in [0.717, 1.165) is 38.8 Å². The van der Waals surface area contributed by atoms with Gasteiger partial charge in [0.25, 0.3) is 0 Å². The highest BCUT2D eigenvalue weighted by atomic mass is 16.6. The van der Waals surface area contributed by atoms with Gasteiger partial charge in [-0.2, -0.15) is 5.26 Å². The molecule has 0 aromatic rings. The van der Waals surface area contributed by atoms with Gasteiger partial charge >= 0.3 is 6.09 Å². The van der Waals surface area contributed by atoms with E-state index in [9.17, 15) is 4.79 Å². The number of nitrogens with zero attached hydrogens (tertiary/aromatic N) is 2. The van der Waals surface area contributed by atoms with Crippen LogP contribution in [0.15, 0.2) is 11.6 Å². The molecule has 0 aromatic heterocycles. The van der Waals surface area contributed by atoms with Crippen LogP contribution in [0.4, 0.5) is 4.79 Å². The van der Waals surface area contributed by atoms with Crippen molar-refractivity contribution >= 4 is 6.09 Å². The van der Waals surface area contributed by atoms with Gasteiger partial charge < -0.3 is 9.64 Å². The Morgan fingerprint density at radius 2 is 1.95 bits per heavy atom. The number of likely N-dealkylation sites (tertiary alicyclic amines) is 1. The van der Waals surface area contributed by atoms with Gasteiger partial charge in [-0.05, 0) is 51.9 Å². The monoisotopic (exact) mass is 262 g/mol. The SMILES string of the molecule is CC(C)(C)OC(=O)N1CCC2(CC1)CC(=CC#N)C2. The molecule has 4 nitrogen and oxygen atoms in total. The summed E-state index contributed by atoms with van der Waals surface area (Å²) >= 11 is 0. The number of carbonyl (C=O) groups excluding carboxylic acids is 1. The van der Waals surface area contributed by atoms with Crippen molar-refractivity contribution in [1.82, 2.24) is 4.90 Å². The summed E-state index contributed by atoms with van der Waals surface area (Å²) in [7, 11) is 0. The van der Waals surface area contributed by atoms with Gasteiger partial charge in [0.05, 0.1) is 6.07 Å². The highest BCUT2D eigenvalue weighted by Crippen LogP contribution is 2.52. The quantitative estimate of drug-likeness (QED) is 0.630. The van der Waals surface area contributed by atoms with Crippen LogP contribution in [0.5, 0.6) is 0 Å². The maximum absolute atomic E-state index is 11.9. The normalized spacial score (nSPS) is 21.6. The summed E-state index contributed by atoms with van der Waals surface area (Å²) in [6.45, 7) is 7.22. The minimum absolute atomic E-state index is 0.200. The fourth-order valence-electron chi connectivity index (χ4n) is 2.95. The van der Waals surface area contributed by atoms with E-state index in [1.807, 2.05) is 25.7 Å². The van der Waals surface area contributed by atoms with Crippen LogP contribution >= 0.6 is 0 Å². The number of hydrogen-bond donors (Lipinski definition) is 0. The molecule has 1 saturated carbocycles. The van der Waals surface area contributed by atoms with Crippen LogP contribution in [0.25, 0.3) is 0 Å². The largest absolute Gasteiger partial charge is 0.444 e. The Hall–Kier alpha value is -1.50. The van der Waals surface area contributed by atoms with Crippen LogP contribution in [-0.4, -0.2) is 29.7 Å². The molecular weight excluding hydrogens is 240 g/mol. The number of ether oxygens (including phenoxy) is 1. The van der Waals surface area contributed by atoms with E-state index < -0.39 is 5.60 Å². The molecule has 1 aliphatic carbocycles. The Morgan fingerprint density at radius 3 is 2.42 bits per heavy atom. The van der Waals surface area contributed by atoms with Gasteiger partial charge in [-0.25, -0.2) is 4.79 Å². The summed E-state index contributed by atoms with van der Waals surface area (Å²) in [6, 6.07) is 2.10. The topological polar surface area (TPSA) is 53.3 Å². The van der Waals surface area contributed by atoms with E-state index >= 15 is 0 Å². The van der Waals surface area contributed by atoms with E-state index in [0.29, 0.717) is 5.41 Å². The van der Waals surface area contributed by atoms with Gasteiger partial charge in [0.2, 0.25) is 0 Å². The number of carbonyl (C=O) groups is 1.